The second-order valence-electron chi connectivity index (χ2n) is 6.27. The minimum absolute atomic E-state index is 0.212. The molecule has 0 heterocycles. The average molecular weight is 390 g/mol. The number of carbonyl (C=O) groups excluding carboxylic acids is 3. The molecule has 27 heavy (non-hydrogen) atoms. The average Bonchev–Trinajstić information content (AvgIpc) is 2.54. The minimum atomic E-state index is -1.66. The summed E-state index contributed by atoms with van der Waals surface area (Å²) in [6.45, 7) is 3.96. The third-order valence-electron chi connectivity index (χ3n) is 3.52. The Morgan fingerprint density at radius 3 is 1.93 bits per heavy atom. The molecule has 3 amide bonds. The van der Waals surface area contributed by atoms with Crippen LogP contribution in [0.5, 0.6) is 0 Å². The normalized spacial score (nSPS) is 15.2. The molecule has 154 valence electrons. The van der Waals surface area contributed by atoms with Crippen molar-refractivity contribution in [1.82, 2.24) is 16.0 Å². The van der Waals surface area contributed by atoms with E-state index in [1.54, 1.807) is 13.8 Å². The van der Waals surface area contributed by atoms with Gasteiger partial charge in [-0.1, -0.05) is 13.8 Å². The molecule has 12 nitrogen and oxygen atoms in total. The van der Waals surface area contributed by atoms with Crippen molar-refractivity contribution in [3.63, 3.8) is 0 Å². The molecule has 0 bridgehead atoms. The van der Waals surface area contributed by atoms with Gasteiger partial charge in [-0.2, -0.15) is 0 Å². The number of carboxylic acids is 2. The molecule has 0 saturated carbocycles. The Kier molecular flexibility index (Phi) is 9.96. The summed E-state index contributed by atoms with van der Waals surface area (Å²) in [6, 6.07) is -3.96. The van der Waals surface area contributed by atoms with E-state index in [1.807, 2.05) is 5.32 Å². The Balaban J connectivity index is 4.77. The number of rotatable bonds is 11. The molecular weight excluding hydrogens is 364 g/mol. The fraction of sp³-hybridized carbons (Fsp3) is 0.667. The third-order valence-corrected chi connectivity index (χ3v) is 3.52. The van der Waals surface area contributed by atoms with Gasteiger partial charge in [0.25, 0.3) is 0 Å². The largest absolute Gasteiger partial charge is 0.481 e. The summed E-state index contributed by atoms with van der Waals surface area (Å²) in [5, 5.41) is 33.5. The van der Waals surface area contributed by atoms with Crippen molar-refractivity contribution in [3.8, 4) is 0 Å². The number of nitrogens with one attached hydrogen (secondary N) is 3. The zero-order valence-corrected chi connectivity index (χ0v) is 15.3. The summed E-state index contributed by atoms with van der Waals surface area (Å²) in [4.78, 5) is 57.2. The zero-order valence-electron chi connectivity index (χ0n) is 15.3. The van der Waals surface area contributed by atoms with Crippen LogP contribution in [-0.4, -0.2) is 75.8 Å². The van der Waals surface area contributed by atoms with E-state index in [4.69, 9.17) is 15.9 Å². The van der Waals surface area contributed by atoms with E-state index >= 15 is 0 Å². The molecule has 0 aliphatic carbocycles. The maximum Gasteiger partial charge on any atom is 0.326 e. The summed E-state index contributed by atoms with van der Waals surface area (Å²) in [6.07, 6.45) is -2.13. The molecule has 0 spiro atoms. The van der Waals surface area contributed by atoms with E-state index in [1.165, 1.54) is 6.92 Å². The standard InChI is InChI=1S/C15H26N4O8/c1-6(2)11(16)13(24)19-12(7(3)20)14(25)17-5-9(21)18-8(15(26)27)4-10(22)23/h6-8,11-12,20H,4-5,16H2,1-3H3,(H,17,25)(H,18,21)(H,19,24)(H,22,23)(H,26,27). The first-order chi connectivity index (χ1) is 12.4. The molecule has 0 aliphatic heterocycles. The first-order valence-electron chi connectivity index (χ1n) is 8.12. The van der Waals surface area contributed by atoms with E-state index < -0.39 is 66.9 Å². The molecule has 4 atom stereocenters. The van der Waals surface area contributed by atoms with E-state index in [0.29, 0.717) is 0 Å². The summed E-state index contributed by atoms with van der Waals surface area (Å²) in [7, 11) is 0. The van der Waals surface area contributed by atoms with E-state index in [2.05, 4.69) is 10.6 Å². The smallest absolute Gasteiger partial charge is 0.326 e. The number of nitrogens with two attached hydrogens (primary N) is 1. The van der Waals surface area contributed by atoms with Crippen LogP contribution in [0.4, 0.5) is 0 Å². The van der Waals surface area contributed by atoms with Crippen LogP contribution in [0.15, 0.2) is 0 Å². The van der Waals surface area contributed by atoms with Crippen molar-refractivity contribution < 1.29 is 39.3 Å². The molecule has 12 heteroatoms. The van der Waals surface area contributed by atoms with Gasteiger partial charge in [0.1, 0.15) is 12.1 Å². The zero-order chi connectivity index (χ0) is 21.3. The van der Waals surface area contributed by atoms with E-state index in [9.17, 15) is 29.1 Å². The minimum Gasteiger partial charge on any atom is -0.481 e. The molecule has 0 saturated heterocycles. The van der Waals surface area contributed by atoms with Gasteiger partial charge < -0.3 is 37.0 Å². The maximum absolute atomic E-state index is 12.1. The van der Waals surface area contributed by atoms with Gasteiger partial charge in [0.15, 0.2) is 0 Å². The lowest BCUT2D eigenvalue weighted by molar-refractivity contribution is -0.147. The molecule has 0 aromatic carbocycles. The second-order valence-corrected chi connectivity index (χ2v) is 6.27. The number of carbonyl (C=O) groups is 5. The van der Waals surface area contributed by atoms with Gasteiger partial charge in [-0.15, -0.1) is 0 Å². The van der Waals surface area contributed by atoms with Crippen LogP contribution in [0.2, 0.25) is 0 Å². The van der Waals surface area contributed by atoms with Crippen LogP contribution >= 0.6 is 0 Å². The fourth-order valence-corrected chi connectivity index (χ4v) is 1.85. The van der Waals surface area contributed by atoms with Gasteiger partial charge in [-0.05, 0) is 12.8 Å². The first-order valence-corrected chi connectivity index (χ1v) is 8.12. The Morgan fingerprint density at radius 1 is 0.963 bits per heavy atom. The lowest BCUT2D eigenvalue weighted by Gasteiger charge is -2.24. The van der Waals surface area contributed by atoms with Gasteiger partial charge in [-0.3, -0.25) is 19.2 Å². The van der Waals surface area contributed by atoms with Crippen molar-refractivity contribution in [1.29, 1.82) is 0 Å². The molecular formula is C15H26N4O8. The first kappa shape index (κ1) is 24.3. The van der Waals surface area contributed by atoms with Crippen molar-refractivity contribution >= 4 is 29.7 Å². The highest BCUT2D eigenvalue weighted by Gasteiger charge is 2.29. The lowest BCUT2D eigenvalue weighted by atomic mass is 10.0. The Morgan fingerprint density at radius 2 is 1.52 bits per heavy atom. The van der Waals surface area contributed by atoms with Crippen LogP contribution in [0.3, 0.4) is 0 Å². The van der Waals surface area contributed by atoms with E-state index in [0.717, 1.165) is 0 Å². The highest BCUT2D eigenvalue weighted by molar-refractivity contribution is 5.93. The monoisotopic (exact) mass is 390 g/mol. The van der Waals surface area contributed by atoms with Gasteiger partial charge in [0, 0.05) is 0 Å². The summed E-state index contributed by atoms with van der Waals surface area (Å²) < 4.78 is 0. The topological polar surface area (TPSA) is 208 Å². The van der Waals surface area contributed by atoms with Crippen LogP contribution < -0.4 is 21.7 Å². The molecule has 0 radical (unpaired) electrons. The van der Waals surface area contributed by atoms with Crippen molar-refractivity contribution in [2.24, 2.45) is 11.7 Å². The van der Waals surface area contributed by atoms with Crippen LogP contribution in [0.1, 0.15) is 27.2 Å². The van der Waals surface area contributed by atoms with Gasteiger partial charge >= 0.3 is 11.9 Å². The van der Waals surface area contributed by atoms with Crippen molar-refractivity contribution in [2.45, 2.75) is 51.4 Å². The molecule has 0 rings (SSSR count). The summed E-state index contributed by atoms with van der Waals surface area (Å²) in [5.74, 6) is -5.70. The van der Waals surface area contributed by atoms with Crippen LogP contribution in [0, 0.1) is 5.92 Å². The molecule has 0 fully saturated rings. The van der Waals surface area contributed by atoms with Gasteiger partial charge in [0.2, 0.25) is 17.7 Å². The number of aliphatic carboxylic acids is 2. The predicted molar refractivity (Wildman–Crippen MR) is 91.3 cm³/mol. The van der Waals surface area contributed by atoms with Crippen LogP contribution in [0.25, 0.3) is 0 Å². The predicted octanol–water partition coefficient (Wildman–Crippen LogP) is -3.00. The molecule has 8 N–H and O–H groups in total. The van der Waals surface area contributed by atoms with Gasteiger partial charge in [0.05, 0.1) is 25.1 Å². The Bertz CT molecular complexity index is 578. The summed E-state index contributed by atoms with van der Waals surface area (Å²) in [5.41, 5.74) is 5.66. The van der Waals surface area contributed by atoms with Crippen LogP contribution in [-0.2, 0) is 24.0 Å². The fourth-order valence-electron chi connectivity index (χ4n) is 1.85. The number of amides is 3. The SMILES string of the molecule is CC(C)C(N)C(=O)NC(C(=O)NCC(=O)NC(CC(=O)O)C(=O)O)C(C)O. The number of carboxylic acid groups (broad SMARTS) is 2. The molecule has 0 aromatic heterocycles. The number of hydrogen-bond acceptors (Lipinski definition) is 7. The Hall–Kier alpha value is -2.73. The summed E-state index contributed by atoms with van der Waals surface area (Å²) >= 11 is 0. The Labute approximate surface area is 155 Å². The molecule has 0 aromatic rings. The number of hydrogen-bond donors (Lipinski definition) is 7. The lowest BCUT2D eigenvalue weighted by Crippen LogP contribution is -2.57. The van der Waals surface area contributed by atoms with Crippen molar-refractivity contribution in [2.75, 3.05) is 6.54 Å². The number of aliphatic hydroxyl groups is 1. The van der Waals surface area contributed by atoms with E-state index in [-0.39, 0.29) is 5.92 Å². The third kappa shape index (κ3) is 8.96. The second kappa shape index (κ2) is 11.1. The van der Waals surface area contributed by atoms with Gasteiger partial charge in [-0.25, -0.2) is 4.79 Å². The maximum atomic E-state index is 12.1. The molecule has 4 unspecified atom stereocenters. The highest BCUT2D eigenvalue weighted by atomic mass is 16.4. The quantitative estimate of drug-likeness (QED) is 0.191. The number of aliphatic hydroxyl groups excluding tert-OH is 1. The highest BCUT2D eigenvalue weighted by Crippen LogP contribution is 2.01. The molecule has 0 aliphatic rings. The van der Waals surface area contributed by atoms with Crippen molar-refractivity contribution in [3.05, 3.63) is 0 Å².